The van der Waals surface area contributed by atoms with Crippen molar-refractivity contribution in [2.75, 3.05) is 5.32 Å². The largest absolute Gasteiger partial charge is 0.388 e. The molecular formula is C17H23NO2. The summed E-state index contributed by atoms with van der Waals surface area (Å²) in [7, 11) is 0. The molecule has 0 radical (unpaired) electrons. The van der Waals surface area contributed by atoms with Gasteiger partial charge in [-0.25, -0.2) is 0 Å². The summed E-state index contributed by atoms with van der Waals surface area (Å²) in [5, 5.41) is 13.7. The van der Waals surface area contributed by atoms with Crippen LogP contribution in [0.5, 0.6) is 0 Å². The fraction of sp³-hybridized carbons (Fsp3) is 0.588. The molecule has 0 spiro atoms. The SMILES string of the molecule is CC1(C(O)c2ccc3c(c2)CCCC(=O)N3)CCCC1. The first kappa shape index (κ1) is 13.6. The van der Waals surface area contributed by atoms with Gasteiger partial charge in [0.05, 0.1) is 6.10 Å². The van der Waals surface area contributed by atoms with E-state index in [1.54, 1.807) is 0 Å². The Kier molecular flexibility index (Phi) is 3.55. The third-order valence-corrected chi connectivity index (χ3v) is 4.97. The van der Waals surface area contributed by atoms with Crippen molar-refractivity contribution in [3.63, 3.8) is 0 Å². The number of rotatable bonds is 2. The first-order valence-corrected chi connectivity index (χ1v) is 7.69. The van der Waals surface area contributed by atoms with Gasteiger partial charge >= 0.3 is 0 Å². The lowest BCUT2D eigenvalue weighted by atomic mass is 9.79. The lowest BCUT2D eigenvalue weighted by molar-refractivity contribution is -0.116. The fourth-order valence-electron chi connectivity index (χ4n) is 3.62. The number of aryl methyl sites for hydroxylation is 1. The Morgan fingerprint density at radius 3 is 2.70 bits per heavy atom. The van der Waals surface area contributed by atoms with Crippen molar-refractivity contribution in [2.45, 2.75) is 58.0 Å². The van der Waals surface area contributed by atoms with E-state index in [2.05, 4.69) is 18.3 Å². The molecule has 1 aliphatic heterocycles. The maximum atomic E-state index is 11.6. The Bertz CT molecular complexity index is 518. The van der Waals surface area contributed by atoms with Gasteiger partial charge in [0.15, 0.2) is 0 Å². The molecule has 1 heterocycles. The Morgan fingerprint density at radius 1 is 1.20 bits per heavy atom. The summed E-state index contributed by atoms with van der Waals surface area (Å²) in [6, 6.07) is 6.02. The summed E-state index contributed by atoms with van der Waals surface area (Å²) in [6.07, 6.45) is 6.62. The molecule has 108 valence electrons. The number of hydrogen-bond donors (Lipinski definition) is 2. The zero-order chi connectivity index (χ0) is 14.2. The summed E-state index contributed by atoms with van der Waals surface area (Å²) in [5.41, 5.74) is 3.10. The predicted molar refractivity (Wildman–Crippen MR) is 79.5 cm³/mol. The van der Waals surface area contributed by atoms with E-state index >= 15 is 0 Å². The highest BCUT2D eigenvalue weighted by molar-refractivity contribution is 5.92. The lowest BCUT2D eigenvalue weighted by Crippen LogP contribution is -2.22. The van der Waals surface area contributed by atoms with E-state index in [1.165, 1.54) is 12.8 Å². The van der Waals surface area contributed by atoms with Crippen LogP contribution in [-0.2, 0) is 11.2 Å². The molecule has 1 saturated carbocycles. The van der Waals surface area contributed by atoms with Crippen molar-refractivity contribution in [3.8, 4) is 0 Å². The highest BCUT2D eigenvalue weighted by Crippen LogP contribution is 2.47. The first-order chi connectivity index (χ1) is 9.58. The number of benzene rings is 1. The number of hydrogen-bond acceptors (Lipinski definition) is 2. The van der Waals surface area contributed by atoms with Crippen molar-refractivity contribution >= 4 is 11.6 Å². The van der Waals surface area contributed by atoms with E-state index in [0.717, 1.165) is 42.5 Å². The van der Waals surface area contributed by atoms with Crippen LogP contribution in [0, 0.1) is 5.41 Å². The Balaban J connectivity index is 1.88. The molecule has 1 fully saturated rings. The summed E-state index contributed by atoms with van der Waals surface area (Å²) >= 11 is 0. The molecule has 1 amide bonds. The zero-order valence-corrected chi connectivity index (χ0v) is 12.1. The highest BCUT2D eigenvalue weighted by Gasteiger charge is 2.37. The molecule has 1 unspecified atom stereocenters. The van der Waals surface area contributed by atoms with Gasteiger partial charge in [0.25, 0.3) is 0 Å². The average Bonchev–Trinajstić information content (AvgIpc) is 2.79. The number of anilines is 1. The monoisotopic (exact) mass is 273 g/mol. The molecule has 1 aromatic carbocycles. The smallest absolute Gasteiger partial charge is 0.224 e. The van der Waals surface area contributed by atoms with Gasteiger partial charge in [-0.15, -0.1) is 0 Å². The number of amides is 1. The van der Waals surface area contributed by atoms with E-state index in [0.29, 0.717) is 6.42 Å². The van der Waals surface area contributed by atoms with E-state index in [4.69, 9.17) is 0 Å². The number of aliphatic hydroxyl groups excluding tert-OH is 1. The second-order valence-electron chi connectivity index (χ2n) is 6.58. The van der Waals surface area contributed by atoms with Gasteiger partial charge in [-0.1, -0.05) is 31.9 Å². The number of nitrogens with one attached hydrogen (secondary N) is 1. The minimum atomic E-state index is -0.394. The van der Waals surface area contributed by atoms with Gasteiger partial charge in [0.1, 0.15) is 0 Å². The van der Waals surface area contributed by atoms with Gasteiger partial charge < -0.3 is 10.4 Å². The van der Waals surface area contributed by atoms with Crippen LogP contribution in [0.15, 0.2) is 18.2 Å². The molecular weight excluding hydrogens is 250 g/mol. The van der Waals surface area contributed by atoms with E-state index in [9.17, 15) is 9.90 Å². The molecule has 2 N–H and O–H groups in total. The van der Waals surface area contributed by atoms with Crippen LogP contribution in [0.2, 0.25) is 0 Å². The second-order valence-corrected chi connectivity index (χ2v) is 6.58. The van der Waals surface area contributed by atoms with Crippen LogP contribution < -0.4 is 5.32 Å². The molecule has 1 aromatic rings. The van der Waals surface area contributed by atoms with Crippen molar-refractivity contribution in [1.82, 2.24) is 0 Å². The topological polar surface area (TPSA) is 49.3 Å². The third-order valence-electron chi connectivity index (χ3n) is 4.97. The number of carbonyl (C=O) groups is 1. The standard InChI is InChI=1S/C17H23NO2/c1-17(9-2-3-10-17)16(20)13-7-8-14-12(11-13)5-4-6-15(19)18-14/h7-8,11,16,20H,2-6,9-10H2,1H3,(H,18,19). The number of fused-ring (bicyclic) bond motifs is 1. The fourth-order valence-corrected chi connectivity index (χ4v) is 3.62. The van der Waals surface area contributed by atoms with Crippen LogP contribution in [-0.4, -0.2) is 11.0 Å². The normalized spacial score (nSPS) is 22.8. The zero-order valence-electron chi connectivity index (χ0n) is 12.1. The summed E-state index contributed by atoms with van der Waals surface area (Å²) in [6.45, 7) is 2.19. The summed E-state index contributed by atoms with van der Waals surface area (Å²) < 4.78 is 0. The van der Waals surface area contributed by atoms with Crippen molar-refractivity contribution in [2.24, 2.45) is 5.41 Å². The van der Waals surface area contributed by atoms with Gasteiger partial charge in [0, 0.05) is 12.1 Å². The molecule has 2 aliphatic rings. The maximum Gasteiger partial charge on any atom is 0.224 e. The maximum absolute atomic E-state index is 11.6. The third kappa shape index (κ3) is 2.47. The first-order valence-electron chi connectivity index (χ1n) is 7.69. The van der Waals surface area contributed by atoms with Crippen molar-refractivity contribution in [1.29, 1.82) is 0 Å². The van der Waals surface area contributed by atoms with Crippen LogP contribution in [0.1, 0.15) is 62.7 Å². The van der Waals surface area contributed by atoms with Gasteiger partial charge in [0.2, 0.25) is 5.91 Å². The van der Waals surface area contributed by atoms with Gasteiger partial charge in [-0.05, 0) is 48.3 Å². The molecule has 3 rings (SSSR count). The van der Waals surface area contributed by atoms with E-state index in [1.807, 2.05) is 12.1 Å². The van der Waals surface area contributed by atoms with Crippen molar-refractivity contribution in [3.05, 3.63) is 29.3 Å². The summed E-state index contributed by atoms with van der Waals surface area (Å²) in [4.78, 5) is 11.6. The number of carbonyl (C=O) groups excluding carboxylic acids is 1. The van der Waals surface area contributed by atoms with Gasteiger partial charge in [-0.3, -0.25) is 4.79 Å². The molecule has 20 heavy (non-hydrogen) atoms. The molecule has 1 aliphatic carbocycles. The molecule has 0 aromatic heterocycles. The molecule has 0 saturated heterocycles. The van der Waals surface area contributed by atoms with Crippen LogP contribution >= 0.6 is 0 Å². The highest BCUT2D eigenvalue weighted by atomic mass is 16.3. The minimum Gasteiger partial charge on any atom is -0.388 e. The Labute approximate surface area is 120 Å². The van der Waals surface area contributed by atoms with Crippen LogP contribution in [0.4, 0.5) is 5.69 Å². The Morgan fingerprint density at radius 2 is 1.95 bits per heavy atom. The van der Waals surface area contributed by atoms with E-state index in [-0.39, 0.29) is 11.3 Å². The predicted octanol–water partition coefficient (Wildman–Crippen LogP) is 3.58. The Hall–Kier alpha value is -1.35. The second kappa shape index (κ2) is 5.21. The quantitative estimate of drug-likeness (QED) is 0.865. The number of aliphatic hydroxyl groups is 1. The van der Waals surface area contributed by atoms with Gasteiger partial charge in [-0.2, -0.15) is 0 Å². The summed E-state index contributed by atoms with van der Waals surface area (Å²) in [5.74, 6) is 0.0970. The molecule has 3 nitrogen and oxygen atoms in total. The van der Waals surface area contributed by atoms with E-state index < -0.39 is 6.10 Å². The van der Waals surface area contributed by atoms with Crippen LogP contribution in [0.25, 0.3) is 0 Å². The van der Waals surface area contributed by atoms with Crippen LogP contribution in [0.3, 0.4) is 0 Å². The molecule has 1 atom stereocenters. The lowest BCUT2D eigenvalue weighted by Gasteiger charge is -2.30. The minimum absolute atomic E-state index is 0.0161. The molecule has 0 bridgehead atoms. The average molecular weight is 273 g/mol. The molecule has 3 heteroatoms. The van der Waals surface area contributed by atoms with Crippen molar-refractivity contribution < 1.29 is 9.90 Å².